The Kier molecular flexibility index (Phi) is 7.25. The van der Waals surface area contributed by atoms with Crippen LogP contribution in [0.2, 0.25) is 0 Å². The van der Waals surface area contributed by atoms with Gasteiger partial charge in [0.1, 0.15) is 0 Å². The molecule has 0 bridgehead atoms. The topological polar surface area (TPSA) is 18.5 Å². The van der Waals surface area contributed by atoms with Gasteiger partial charge in [-0.05, 0) is 43.9 Å². The van der Waals surface area contributed by atoms with Gasteiger partial charge in [0.05, 0.1) is 0 Å². The first-order valence-electron chi connectivity index (χ1n) is 3.78. The van der Waals surface area contributed by atoms with Gasteiger partial charge in [-0.3, -0.25) is 0 Å². The molecule has 0 unspecified atom stereocenters. The molecule has 0 atom stereocenters. The Morgan fingerprint density at radius 2 is 1.82 bits per heavy atom. The van der Waals surface area contributed by atoms with E-state index < -0.39 is 5.80 Å². The molecule has 0 fully saturated rings. The molecule has 0 saturated carbocycles. The van der Waals surface area contributed by atoms with Crippen molar-refractivity contribution in [2.75, 3.05) is 13.2 Å². The van der Waals surface area contributed by atoms with Crippen molar-refractivity contribution in [1.82, 2.24) is 0 Å². The first-order chi connectivity index (χ1) is 5.12. The molecule has 0 N–H and O–H groups in total. The zero-order valence-corrected chi connectivity index (χ0v) is 11.1. The lowest BCUT2D eigenvalue weighted by Crippen LogP contribution is -2.28. The minimum atomic E-state index is -2.12. The highest BCUT2D eigenvalue weighted by Gasteiger charge is 2.30. The number of halogens is 2. The van der Waals surface area contributed by atoms with Crippen LogP contribution >= 0.6 is 30.6 Å². The summed E-state index contributed by atoms with van der Waals surface area (Å²) in [6.45, 7) is 5.53. The maximum atomic E-state index is 5.46. The van der Waals surface area contributed by atoms with Gasteiger partial charge < -0.3 is 8.85 Å². The van der Waals surface area contributed by atoms with E-state index in [9.17, 15) is 0 Å². The van der Waals surface area contributed by atoms with Crippen LogP contribution < -0.4 is 0 Å². The van der Waals surface area contributed by atoms with Gasteiger partial charge >= 0.3 is 5.80 Å². The van der Waals surface area contributed by atoms with Crippen molar-refractivity contribution in [3.63, 3.8) is 0 Å². The van der Waals surface area contributed by atoms with Crippen LogP contribution in [0.25, 0.3) is 0 Å². The average Bonchev–Trinajstić information content (AvgIpc) is 1.87. The number of hydrogen-bond donors (Lipinski definition) is 0. The third kappa shape index (κ3) is 7.46. The van der Waals surface area contributed by atoms with Gasteiger partial charge in [-0.2, -0.15) is 0 Å². The SMILES string of the molecule is CCCCO[Si](Br)(Br)OCC. The molecule has 0 radical (unpaired) electrons. The van der Waals surface area contributed by atoms with E-state index in [1.807, 2.05) is 6.92 Å². The van der Waals surface area contributed by atoms with E-state index in [2.05, 4.69) is 37.5 Å². The Labute approximate surface area is 85.1 Å². The highest BCUT2D eigenvalue weighted by atomic mass is 79.9. The highest BCUT2D eigenvalue weighted by molar-refractivity contribution is 9.50. The lowest BCUT2D eigenvalue weighted by atomic mass is 10.4. The van der Waals surface area contributed by atoms with Crippen molar-refractivity contribution >= 4 is 36.4 Å². The molecule has 0 rings (SSSR count). The number of rotatable bonds is 6. The van der Waals surface area contributed by atoms with E-state index in [1.165, 1.54) is 0 Å². The molecule has 0 aliphatic carbocycles. The van der Waals surface area contributed by atoms with Crippen molar-refractivity contribution in [1.29, 1.82) is 0 Å². The Morgan fingerprint density at radius 3 is 2.27 bits per heavy atom. The monoisotopic (exact) mass is 304 g/mol. The summed E-state index contributed by atoms with van der Waals surface area (Å²) in [6, 6.07) is 0. The zero-order valence-electron chi connectivity index (χ0n) is 6.90. The second kappa shape index (κ2) is 6.60. The Morgan fingerprint density at radius 1 is 1.18 bits per heavy atom. The van der Waals surface area contributed by atoms with Crippen LogP contribution in [0.1, 0.15) is 26.7 Å². The summed E-state index contributed by atoms with van der Waals surface area (Å²) in [4.78, 5) is 0. The maximum Gasteiger partial charge on any atom is 0.490 e. The molecule has 0 aliphatic rings. The van der Waals surface area contributed by atoms with Crippen LogP contribution in [0.15, 0.2) is 0 Å². The molecule has 5 heteroatoms. The Balaban J connectivity index is 3.38. The van der Waals surface area contributed by atoms with Crippen molar-refractivity contribution < 1.29 is 8.85 Å². The van der Waals surface area contributed by atoms with Crippen LogP contribution in [0, 0.1) is 0 Å². The smallest absolute Gasteiger partial charge is 0.379 e. The molecular weight excluding hydrogens is 292 g/mol. The molecule has 0 saturated heterocycles. The summed E-state index contributed by atoms with van der Waals surface area (Å²) in [6.07, 6.45) is 2.23. The molecule has 68 valence electrons. The molecule has 0 aliphatic heterocycles. The quantitative estimate of drug-likeness (QED) is 0.426. The summed E-state index contributed by atoms with van der Waals surface area (Å²) in [5.41, 5.74) is 0. The molecule has 0 aromatic heterocycles. The fraction of sp³-hybridized carbons (Fsp3) is 1.00. The van der Waals surface area contributed by atoms with Gasteiger partial charge in [0.25, 0.3) is 0 Å². The van der Waals surface area contributed by atoms with Gasteiger partial charge in [0.15, 0.2) is 0 Å². The standard InChI is InChI=1S/C6H14Br2O2Si/c1-3-5-6-10-11(7,8)9-4-2/h3-6H2,1-2H3. The average molecular weight is 306 g/mol. The van der Waals surface area contributed by atoms with Gasteiger partial charge in [0.2, 0.25) is 0 Å². The van der Waals surface area contributed by atoms with Crippen molar-refractivity contribution in [2.45, 2.75) is 26.7 Å². The lowest BCUT2D eigenvalue weighted by molar-refractivity contribution is 0.216. The third-order valence-corrected chi connectivity index (χ3v) is 4.99. The van der Waals surface area contributed by atoms with Gasteiger partial charge in [0, 0.05) is 13.2 Å². The van der Waals surface area contributed by atoms with Crippen LogP contribution in [-0.4, -0.2) is 19.0 Å². The van der Waals surface area contributed by atoms with Crippen LogP contribution in [-0.2, 0) is 8.85 Å². The molecule has 2 nitrogen and oxygen atoms in total. The predicted octanol–water partition coefficient (Wildman–Crippen LogP) is 3.07. The fourth-order valence-corrected chi connectivity index (χ4v) is 3.69. The molecule has 0 heterocycles. The van der Waals surface area contributed by atoms with Gasteiger partial charge in [-0.25, -0.2) is 0 Å². The third-order valence-electron chi connectivity index (χ3n) is 1.08. The van der Waals surface area contributed by atoms with E-state index >= 15 is 0 Å². The minimum Gasteiger partial charge on any atom is -0.379 e. The largest absolute Gasteiger partial charge is 0.490 e. The normalized spacial score (nSPS) is 12.0. The van der Waals surface area contributed by atoms with E-state index in [-0.39, 0.29) is 0 Å². The van der Waals surface area contributed by atoms with Crippen molar-refractivity contribution in [3.05, 3.63) is 0 Å². The molecule has 0 spiro atoms. The van der Waals surface area contributed by atoms with E-state index in [0.717, 1.165) is 19.4 Å². The molecule has 11 heavy (non-hydrogen) atoms. The van der Waals surface area contributed by atoms with Crippen LogP contribution in [0.4, 0.5) is 0 Å². The predicted molar refractivity (Wildman–Crippen MR) is 56.1 cm³/mol. The first-order valence-corrected chi connectivity index (χ1v) is 10.1. The zero-order chi connectivity index (χ0) is 8.74. The van der Waals surface area contributed by atoms with Gasteiger partial charge in [-0.15, -0.1) is 0 Å². The highest BCUT2D eigenvalue weighted by Crippen LogP contribution is 2.23. The summed E-state index contributed by atoms with van der Waals surface area (Å²) >= 11 is 6.77. The lowest BCUT2D eigenvalue weighted by Gasteiger charge is -2.16. The summed E-state index contributed by atoms with van der Waals surface area (Å²) < 4.78 is 10.8. The van der Waals surface area contributed by atoms with Crippen LogP contribution in [0.3, 0.4) is 0 Å². The molecular formula is C6H14Br2O2Si. The van der Waals surface area contributed by atoms with E-state index in [1.54, 1.807) is 0 Å². The first kappa shape index (κ1) is 12.1. The fourth-order valence-electron chi connectivity index (χ4n) is 0.545. The van der Waals surface area contributed by atoms with Crippen molar-refractivity contribution in [2.24, 2.45) is 0 Å². The second-order valence-corrected chi connectivity index (χ2v) is 13.1. The minimum absolute atomic E-state index is 0.675. The van der Waals surface area contributed by atoms with Crippen molar-refractivity contribution in [3.8, 4) is 0 Å². The maximum absolute atomic E-state index is 5.46. The van der Waals surface area contributed by atoms with Crippen LogP contribution in [0.5, 0.6) is 0 Å². The van der Waals surface area contributed by atoms with E-state index in [4.69, 9.17) is 8.85 Å². The Bertz CT molecular complexity index is 101. The second-order valence-electron chi connectivity index (χ2n) is 2.10. The Hall–Kier alpha value is 1.10. The number of unbranched alkanes of at least 4 members (excludes halogenated alkanes) is 1. The van der Waals surface area contributed by atoms with E-state index in [0.29, 0.717) is 6.61 Å². The molecule has 0 aromatic carbocycles. The molecule has 0 amide bonds. The number of hydrogen-bond acceptors (Lipinski definition) is 2. The van der Waals surface area contributed by atoms with Gasteiger partial charge in [-0.1, -0.05) is 13.3 Å². The summed E-state index contributed by atoms with van der Waals surface area (Å²) in [5.74, 6) is -2.12. The summed E-state index contributed by atoms with van der Waals surface area (Å²) in [7, 11) is 0. The molecule has 0 aromatic rings. The summed E-state index contributed by atoms with van der Waals surface area (Å²) in [5, 5.41) is 0.